The molecular formula is C24H30N6OS. The van der Waals surface area contributed by atoms with Crippen molar-refractivity contribution in [2.24, 2.45) is 11.3 Å². The number of carbonyl (C=O) groups excluding carboxylic acids is 1. The van der Waals surface area contributed by atoms with E-state index in [2.05, 4.69) is 35.6 Å². The Morgan fingerprint density at radius 2 is 1.91 bits per heavy atom. The number of hydrogen-bond acceptors (Lipinski definition) is 7. The number of carbonyl (C=O) groups is 1. The Kier molecular flexibility index (Phi) is 5.35. The number of anilines is 1. The summed E-state index contributed by atoms with van der Waals surface area (Å²) in [5.74, 6) is 2.52. The maximum atomic E-state index is 12.8. The summed E-state index contributed by atoms with van der Waals surface area (Å²) >= 11 is 1.86. The summed E-state index contributed by atoms with van der Waals surface area (Å²) in [4.78, 5) is 37.4. The lowest BCUT2D eigenvalue weighted by Gasteiger charge is -2.36. The predicted octanol–water partition coefficient (Wildman–Crippen LogP) is 3.90. The van der Waals surface area contributed by atoms with Gasteiger partial charge in [0.15, 0.2) is 0 Å². The largest absolute Gasteiger partial charge is 0.352 e. The summed E-state index contributed by atoms with van der Waals surface area (Å²) in [5.41, 5.74) is 2.18. The molecule has 168 valence electrons. The molecule has 0 unspecified atom stereocenters. The highest BCUT2D eigenvalue weighted by atomic mass is 32.1. The molecule has 32 heavy (non-hydrogen) atoms. The predicted molar refractivity (Wildman–Crippen MR) is 127 cm³/mol. The summed E-state index contributed by atoms with van der Waals surface area (Å²) in [6.45, 7) is 11.9. The van der Waals surface area contributed by atoms with Gasteiger partial charge in [-0.25, -0.2) is 15.0 Å². The first-order valence-electron chi connectivity index (χ1n) is 11.4. The molecular weight excluding hydrogens is 420 g/mol. The number of rotatable bonds is 2. The first-order chi connectivity index (χ1) is 15.3. The molecule has 2 aliphatic rings. The Labute approximate surface area is 192 Å². The minimum atomic E-state index is -0.0529. The third-order valence-corrected chi connectivity index (χ3v) is 8.02. The quantitative estimate of drug-likeness (QED) is 0.589. The van der Waals surface area contributed by atoms with Gasteiger partial charge in [0.1, 0.15) is 22.2 Å². The first kappa shape index (κ1) is 21.2. The van der Waals surface area contributed by atoms with Crippen LogP contribution in [0.2, 0.25) is 0 Å². The Hall–Kier alpha value is -2.61. The van der Waals surface area contributed by atoms with Gasteiger partial charge >= 0.3 is 0 Å². The second kappa shape index (κ2) is 8.06. The van der Waals surface area contributed by atoms with E-state index in [0.717, 1.165) is 42.4 Å². The summed E-state index contributed by atoms with van der Waals surface area (Å²) in [6, 6.07) is 0. The Bertz CT molecular complexity index is 1140. The van der Waals surface area contributed by atoms with E-state index >= 15 is 0 Å². The zero-order chi connectivity index (χ0) is 22.5. The van der Waals surface area contributed by atoms with E-state index in [1.807, 2.05) is 23.2 Å². The Morgan fingerprint density at radius 1 is 1.12 bits per heavy atom. The van der Waals surface area contributed by atoms with Crippen LogP contribution in [0.15, 0.2) is 18.6 Å². The van der Waals surface area contributed by atoms with Crippen LogP contribution < -0.4 is 4.90 Å². The minimum absolute atomic E-state index is 0.0529. The van der Waals surface area contributed by atoms with Gasteiger partial charge in [0.2, 0.25) is 0 Å². The second-order valence-electron chi connectivity index (χ2n) is 9.95. The number of thiophene rings is 1. The zero-order valence-corrected chi connectivity index (χ0v) is 20.1. The number of aryl methyl sites for hydroxylation is 2. The molecule has 1 atom stereocenters. The molecule has 7 nitrogen and oxygen atoms in total. The summed E-state index contributed by atoms with van der Waals surface area (Å²) < 4.78 is 0. The third kappa shape index (κ3) is 3.85. The average Bonchev–Trinajstić information content (AvgIpc) is 3.15. The molecule has 3 aromatic rings. The fourth-order valence-electron chi connectivity index (χ4n) is 4.92. The minimum Gasteiger partial charge on any atom is -0.352 e. The second-order valence-corrected chi connectivity index (χ2v) is 11.0. The van der Waals surface area contributed by atoms with Crippen molar-refractivity contribution in [2.45, 2.75) is 47.0 Å². The van der Waals surface area contributed by atoms with Gasteiger partial charge in [-0.15, -0.1) is 11.3 Å². The van der Waals surface area contributed by atoms with Crippen molar-refractivity contribution in [1.29, 1.82) is 0 Å². The van der Waals surface area contributed by atoms with Gasteiger partial charge in [-0.05, 0) is 43.1 Å². The molecule has 0 N–H and O–H groups in total. The van der Waals surface area contributed by atoms with E-state index in [1.54, 1.807) is 12.4 Å². The first-order valence-corrected chi connectivity index (χ1v) is 12.2. The van der Waals surface area contributed by atoms with Crippen LogP contribution in [0.3, 0.4) is 0 Å². The number of fused-ring (bicyclic) bond motifs is 3. The van der Waals surface area contributed by atoms with Crippen molar-refractivity contribution < 1.29 is 4.79 Å². The molecule has 0 spiro atoms. The fourth-order valence-corrected chi connectivity index (χ4v) is 6.26. The highest BCUT2D eigenvalue weighted by Gasteiger charge is 2.33. The number of amides is 1. The zero-order valence-electron chi connectivity index (χ0n) is 19.3. The van der Waals surface area contributed by atoms with Crippen LogP contribution in [0.25, 0.3) is 10.2 Å². The van der Waals surface area contributed by atoms with E-state index in [0.29, 0.717) is 30.1 Å². The fraction of sp³-hybridized carbons (Fsp3) is 0.542. The van der Waals surface area contributed by atoms with Gasteiger partial charge in [0, 0.05) is 43.4 Å². The van der Waals surface area contributed by atoms with Crippen molar-refractivity contribution in [3.63, 3.8) is 0 Å². The molecule has 3 aromatic heterocycles. The number of aromatic nitrogens is 4. The average molecular weight is 451 g/mol. The van der Waals surface area contributed by atoms with Crippen molar-refractivity contribution in [1.82, 2.24) is 24.8 Å². The summed E-state index contributed by atoms with van der Waals surface area (Å²) in [7, 11) is 0. The molecule has 0 saturated carbocycles. The van der Waals surface area contributed by atoms with Crippen LogP contribution in [0.1, 0.15) is 53.9 Å². The lowest BCUT2D eigenvalue weighted by Crippen LogP contribution is -2.49. The Balaban J connectivity index is 1.41. The maximum absolute atomic E-state index is 12.8. The monoisotopic (exact) mass is 450 g/mol. The van der Waals surface area contributed by atoms with Gasteiger partial charge < -0.3 is 9.80 Å². The SMILES string of the molecule is Cc1nc(N2CCN(C(=O)c3cnccn3)CC2)c2c3c(sc2n1)C[C@@H](C(C)(C)C)CC3. The molecule has 0 radical (unpaired) electrons. The van der Waals surface area contributed by atoms with E-state index in [-0.39, 0.29) is 5.91 Å². The highest BCUT2D eigenvalue weighted by Crippen LogP contribution is 2.45. The summed E-state index contributed by atoms with van der Waals surface area (Å²) in [5, 5.41) is 1.25. The van der Waals surface area contributed by atoms with Crippen LogP contribution in [0.4, 0.5) is 5.82 Å². The molecule has 8 heteroatoms. The van der Waals surface area contributed by atoms with Crippen molar-refractivity contribution in [3.8, 4) is 0 Å². The normalized spacial score (nSPS) is 19.3. The van der Waals surface area contributed by atoms with Gasteiger partial charge in [0.05, 0.1) is 11.6 Å². The van der Waals surface area contributed by atoms with Crippen LogP contribution in [-0.4, -0.2) is 56.9 Å². The van der Waals surface area contributed by atoms with Gasteiger partial charge in [-0.2, -0.15) is 0 Å². The molecule has 5 rings (SSSR count). The molecule has 0 bridgehead atoms. The smallest absolute Gasteiger partial charge is 0.274 e. The maximum Gasteiger partial charge on any atom is 0.274 e. The third-order valence-electron chi connectivity index (χ3n) is 6.87. The van der Waals surface area contributed by atoms with Gasteiger partial charge in [0.25, 0.3) is 5.91 Å². The van der Waals surface area contributed by atoms with E-state index in [1.165, 1.54) is 28.4 Å². The van der Waals surface area contributed by atoms with E-state index in [9.17, 15) is 4.79 Å². The van der Waals surface area contributed by atoms with Gasteiger partial charge in [-0.3, -0.25) is 9.78 Å². The number of hydrogen-bond donors (Lipinski definition) is 0. The van der Waals surface area contributed by atoms with E-state index in [4.69, 9.17) is 9.97 Å². The molecule has 1 saturated heterocycles. The molecule has 4 heterocycles. The molecule has 1 aliphatic heterocycles. The van der Waals surface area contributed by atoms with Crippen molar-refractivity contribution >= 4 is 33.3 Å². The lowest BCUT2D eigenvalue weighted by atomic mass is 9.72. The highest BCUT2D eigenvalue weighted by molar-refractivity contribution is 7.19. The number of piperazine rings is 1. The van der Waals surface area contributed by atoms with E-state index < -0.39 is 0 Å². The molecule has 1 aliphatic carbocycles. The standard InChI is InChI=1S/C24H30N6OS/c1-15-27-21(29-9-11-30(12-10-29)23(31)18-14-25-7-8-26-18)20-17-6-5-16(24(2,3)4)13-19(17)32-22(20)28-15/h7-8,14,16H,5-6,9-13H2,1-4H3/t16-/m0/s1. The Morgan fingerprint density at radius 3 is 2.59 bits per heavy atom. The molecule has 1 amide bonds. The van der Waals surface area contributed by atoms with Crippen LogP contribution in [0.5, 0.6) is 0 Å². The topological polar surface area (TPSA) is 75.1 Å². The lowest BCUT2D eigenvalue weighted by molar-refractivity contribution is 0.0740. The summed E-state index contributed by atoms with van der Waals surface area (Å²) in [6.07, 6.45) is 8.14. The van der Waals surface area contributed by atoms with Crippen LogP contribution >= 0.6 is 11.3 Å². The molecule has 1 fully saturated rings. The van der Waals surface area contributed by atoms with Crippen LogP contribution in [-0.2, 0) is 12.8 Å². The molecule has 0 aromatic carbocycles. The van der Waals surface area contributed by atoms with Crippen molar-refractivity contribution in [3.05, 3.63) is 40.5 Å². The van der Waals surface area contributed by atoms with Crippen LogP contribution in [0, 0.1) is 18.3 Å². The van der Waals surface area contributed by atoms with Gasteiger partial charge in [-0.1, -0.05) is 20.8 Å². The van der Waals surface area contributed by atoms with Crippen molar-refractivity contribution in [2.75, 3.05) is 31.1 Å². The number of nitrogens with zero attached hydrogens (tertiary/aromatic N) is 6.